The van der Waals surface area contributed by atoms with Crippen molar-refractivity contribution in [1.82, 2.24) is 0 Å². The lowest BCUT2D eigenvalue weighted by molar-refractivity contribution is 0.158. The summed E-state index contributed by atoms with van der Waals surface area (Å²) in [5.41, 5.74) is 0. The highest BCUT2D eigenvalue weighted by Gasteiger charge is 2.30. The van der Waals surface area contributed by atoms with Crippen molar-refractivity contribution in [2.75, 3.05) is 0 Å². The minimum atomic E-state index is 0.676. The number of rotatable bonds is 0. The van der Waals surface area contributed by atoms with Gasteiger partial charge in [-0.3, -0.25) is 0 Å². The first-order chi connectivity index (χ1) is 8.58. The van der Waals surface area contributed by atoms with Crippen LogP contribution >= 0.6 is 0 Å². The standard InChI is InChI=1S/C18H30/c1-13-5-8-17(9-6-13)10-12-18-11-7-14(2)15(3)16(18)4/h13-18H,5-9,11H2,1-4H3. The molecule has 2 saturated carbocycles. The minimum absolute atomic E-state index is 0.676. The van der Waals surface area contributed by atoms with Gasteiger partial charge in [-0.05, 0) is 62.2 Å². The Morgan fingerprint density at radius 3 is 2.00 bits per heavy atom. The van der Waals surface area contributed by atoms with Gasteiger partial charge in [-0.2, -0.15) is 0 Å². The Kier molecular flexibility index (Phi) is 4.77. The van der Waals surface area contributed by atoms with Crippen LogP contribution in [0.25, 0.3) is 0 Å². The molecule has 0 aromatic heterocycles. The van der Waals surface area contributed by atoms with Crippen molar-refractivity contribution in [3.63, 3.8) is 0 Å². The fourth-order valence-corrected chi connectivity index (χ4v) is 3.69. The molecule has 0 bridgehead atoms. The molecule has 4 unspecified atom stereocenters. The van der Waals surface area contributed by atoms with Crippen molar-refractivity contribution >= 4 is 0 Å². The smallest absolute Gasteiger partial charge is 0.0231 e. The molecule has 2 aliphatic rings. The molecule has 0 aromatic carbocycles. The topological polar surface area (TPSA) is 0 Å². The Balaban J connectivity index is 1.89. The van der Waals surface area contributed by atoms with E-state index in [9.17, 15) is 0 Å². The van der Waals surface area contributed by atoms with Crippen molar-refractivity contribution in [2.24, 2.45) is 35.5 Å². The van der Waals surface area contributed by atoms with E-state index >= 15 is 0 Å². The van der Waals surface area contributed by atoms with Crippen LogP contribution in [0.1, 0.15) is 66.2 Å². The Labute approximate surface area is 114 Å². The average molecular weight is 246 g/mol. The summed E-state index contributed by atoms with van der Waals surface area (Å²) >= 11 is 0. The summed E-state index contributed by atoms with van der Waals surface area (Å²) in [6.07, 6.45) is 8.21. The Bertz CT molecular complexity index is 311. The van der Waals surface area contributed by atoms with E-state index in [0.717, 1.165) is 23.7 Å². The third-order valence-electron chi connectivity index (χ3n) is 5.78. The molecule has 0 nitrogen and oxygen atoms in total. The van der Waals surface area contributed by atoms with Crippen LogP contribution in [0.4, 0.5) is 0 Å². The maximum atomic E-state index is 3.66. The van der Waals surface area contributed by atoms with E-state index in [2.05, 4.69) is 39.5 Å². The van der Waals surface area contributed by atoms with Gasteiger partial charge in [-0.25, -0.2) is 0 Å². The Hall–Kier alpha value is -0.440. The first-order valence-corrected chi connectivity index (χ1v) is 8.09. The molecule has 0 aromatic rings. The van der Waals surface area contributed by atoms with Gasteiger partial charge in [0.05, 0.1) is 0 Å². The second-order valence-corrected chi connectivity index (χ2v) is 7.12. The zero-order valence-corrected chi connectivity index (χ0v) is 12.7. The van der Waals surface area contributed by atoms with E-state index in [1.807, 2.05) is 0 Å². The summed E-state index contributed by atoms with van der Waals surface area (Å²) in [5, 5.41) is 0. The molecule has 0 heterocycles. The molecule has 2 rings (SSSR count). The summed E-state index contributed by atoms with van der Waals surface area (Å²) in [6.45, 7) is 9.64. The minimum Gasteiger partial charge on any atom is -0.0996 e. The Morgan fingerprint density at radius 1 is 0.667 bits per heavy atom. The van der Waals surface area contributed by atoms with Crippen LogP contribution in [0, 0.1) is 47.3 Å². The highest BCUT2D eigenvalue weighted by atomic mass is 14.3. The predicted octanol–water partition coefficient (Wildman–Crippen LogP) is 5.13. The highest BCUT2D eigenvalue weighted by molar-refractivity contribution is 5.10. The van der Waals surface area contributed by atoms with Gasteiger partial charge in [0.2, 0.25) is 0 Å². The second-order valence-electron chi connectivity index (χ2n) is 7.12. The number of hydrogen-bond donors (Lipinski definition) is 0. The molecule has 0 radical (unpaired) electrons. The molecule has 0 amide bonds. The van der Waals surface area contributed by atoms with Gasteiger partial charge in [0.15, 0.2) is 0 Å². The quantitative estimate of drug-likeness (QED) is 0.519. The van der Waals surface area contributed by atoms with Crippen LogP contribution in [0.15, 0.2) is 0 Å². The van der Waals surface area contributed by atoms with E-state index < -0.39 is 0 Å². The third kappa shape index (κ3) is 3.31. The fourth-order valence-electron chi connectivity index (χ4n) is 3.69. The molecule has 0 aliphatic heterocycles. The second kappa shape index (κ2) is 6.14. The first kappa shape index (κ1) is 14.0. The monoisotopic (exact) mass is 246 g/mol. The van der Waals surface area contributed by atoms with Crippen molar-refractivity contribution < 1.29 is 0 Å². The van der Waals surface area contributed by atoms with Crippen LogP contribution in [0.3, 0.4) is 0 Å². The molecule has 102 valence electrons. The van der Waals surface area contributed by atoms with E-state index in [-0.39, 0.29) is 0 Å². The summed E-state index contributed by atoms with van der Waals surface area (Å²) < 4.78 is 0. The Morgan fingerprint density at radius 2 is 1.33 bits per heavy atom. The average Bonchev–Trinajstić information content (AvgIpc) is 2.37. The summed E-state index contributed by atoms with van der Waals surface area (Å²) in [5.74, 6) is 12.2. The van der Waals surface area contributed by atoms with E-state index in [4.69, 9.17) is 0 Å². The van der Waals surface area contributed by atoms with Crippen molar-refractivity contribution in [3.05, 3.63) is 0 Å². The van der Waals surface area contributed by atoms with Gasteiger partial charge in [0.25, 0.3) is 0 Å². The molecular formula is C18H30. The van der Waals surface area contributed by atoms with Crippen LogP contribution < -0.4 is 0 Å². The number of hydrogen-bond acceptors (Lipinski definition) is 0. The first-order valence-electron chi connectivity index (χ1n) is 8.09. The SMILES string of the molecule is CC1CCC(C#CC2CCC(C)C(C)C2C)CC1. The van der Waals surface area contributed by atoms with Crippen LogP contribution in [-0.4, -0.2) is 0 Å². The van der Waals surface area contributed by atoms with Gasteiger partial charge in [0, 0.05) is 11.8 Å². The van der Waals surface area contributed by atoms with Gasteiger partial charge < -0.3 is 0 Å². The molecule has 2 aliphatic carbocycles. The summed E-state index contributed by atoms with van der Waals surface area (Å²) in [7, 11) is 0. The fraction of sp³-hybridized carbons (Fsp3) is 0.889. The van der Waals surface area contributed by atoms with Crippen molar-refractivity contribution in [2.45, 2.75) is 66.2 Å². The lowest BCUT2D eigenvalue weighted by atomic mass is 9.69. The van der Waals surface area contributed by atoms with Crippen LogP contribution in [-0.2, 0) is 0 Å². The van der Waals surface area contributed by atoms with E-state index in [1.54, 1.807) is 0 Å². The zero-order valence-electron chi connectivity index (χ0n) is 12.7. The molecule has 0 spiro atoms. The lowest BCUT2D eigenvalue weighted by Gasteiger charge is -2.36. The van der Waals surface area contributed by atoms with Gasteiger partial charge >= 0.3 is 0 Å². The van der Waals surface area contributed by atoms with Gasteiger partial charge in [-0.15, -0.1) is 0 Å². The van der Waals surface area contributed by atoms with Gasteiger partial charge in [-0.1, -0.05) is 39.5 Å². The lowest BCUT2D eigenvalue weighted by Crippen LogP contribution is -2.29. The molecule has 4 atom stereocenters. The molecule has 0 saturated heterocycles. The predicted molar refractivity (Wildman–Crippen MR) is 79.1 cm³/mol. The molecule has 0 N–H and O–H groups in total. The van der Waals surface area contributed by atoms with E-state index in [0.29, 0.717) is 11.8 Å². The normalized spacial score (nSPS) is 45.1. The maximum absolute atomic E-state index is 3.66. The van der Waals surface area contributed by atoms with Crippen molar-refractivity contribution in [1.29, 1.82) is 0 Å². The van der Waals surface area contributed by atoms with Gasteiger partial charge in [0.1, 0.15) is 0 Å². The van der Waals surface area contributed by atoms with Crippen LogP contribution in [0.5, 0.6) is 0 Å². The largest absolute Gasteiger partial charge is 0.0996 e. The molecule has 2 fully saturated rings. The highest BCUT2D eigenvalue weighted by Crippen LogP contribution is 2.38. The molecular weight excluding hydrogens is 216 g/mol. The zero-order chi connectivity index (χ0) is 13.1. The summed E-state index contributed by atoms with van der Waals surface area (Å²) in [4.78, 5) is 0. The third-order valence-corrected chi connectivity index (χ3v) is 5.78. The van der Waals surface area contributed by atoms with Crippen molar-refractivity contribution in [3.8, 4) is 11.8 Å². The van der Waals surface area contributed by atoms with E-state index in [1.165, 1.54) is 38.5 Å². The molecule has 0 heteroatoms. The summed E-state index contributed by atoms with van der Waals surface area (Å²) in [6, 6.07) is 0. The van der Waals surface area contributed by atoms with Crippen LogP contribution in [0.2, 0.25) is 0 Å². The molecule has 18 heavy (non-hydrogen) atoms. The maximum Gasteiger partial charge on any atom is 0.0231 e.